The van der Waals surface area contributed by atoms with Crippen LogP contribution in [0.2, 0.25) is 4.34 Å². The normalized spacial score (nSPS) is 14.4. The van der Waals surface area contributed by atoms with Crippen LogP contribution in [0.1, 0.15) is 31.1 Å². The van der Waals surface area contributed by atoms with Gasteiger partial charge in [-0.25, -0.2) is 0 Å². The monoisotopic (exact) mass is 275 g/mol. The van der Waals surface area contributed by atoms with Crippen LogP contribution in [-0.2, 0) is 4.79 Å². The lowest BCUT2D eigenvalue weighted by Gasteiger charge is -2.21. The summed E-state index contributed by atoms with van der Waals surface area (Å²) in [7, 11) is 1.76. The van der Waals surface area contributed by atoms with Crippen molar-refractivity contribution in [3.63, 3.8) is 0 Å². The maximum atomic E-state index is 12.1. The average Bonchev–Trinajstić information content (AvgIpc) is 2.70. The number of thiophene rings is 1. The molecule has 0 aromatic carbocycles. The zero-order valence-electron chi connectivity index (χ0n) is 10.3. The van der Waals surface area contributed by atoms with E-state index in [4.69, 9.17) is 11.6 Å². The fourth-order valence-corrected chi connectivity index (χ4v) is 2.61. The minimum absolute atomic E-state index is 0.0594. The summed E-state index contributed by atoms with van der Waals surface area (Å²) in [6.07, 6.45) is 0.219. The van der Waals surface area contributed by atoms with Crippen molar-refractivity contribution in [3.8, 4) is 0 Å². The van der Waals surface area contributed by atoms with E-state index in [0.717, 1.165) is 4.88 Å². The highest BCUT2D eigenvalue weighted by molar-refractivity contribution is 7.16. The predicted octanol–water partition coefficient (Wildman–Crippen LogP) is 2.73. The first-order valence-corrected chi connectivity index (χ1v) is 6.79. The quantitative estimate of drug-likeness (QED) is 0.898. The summed E-state index contributed by atoms with van der Waals surface area (Å²) in [4.78, 5) is 14.7. The molecule has 0 saturated carbocycles. The average molecular weight is 276 g/mol. The van der Waals surface area contributed by atoms with Crippen LogP contribution >= 0.6 is 22.9 Å². The highest BCUT2D eigenvalue weighted by Gasteiger charge is 2.20. The molecular weight excluding hydrogens is 258 g/mol. The van der Waals surface area contributed by atoms with Crippen molar-refractivity contribution in [3.05, 3.63) is 21.3 Å². The minimum Gasteiger partial charge on any atom is -0.393 e. The van der Waals surface area contributed by atoms with E-state index in [1.54, 1.807) is 24.9 Å². The van der Waals surface area contributed by atoms with Crippen LogP contribution in [0.15, 0.2) is 12.1 Å². The van der Waals surface area contributed by atoms with Gasteiger partial charge in [0.25, 0.3) is 0 Å². The molecule has 2 unspecified atom stereocenters. The largest absolute Gasteiger partial charge is 0.393 e. The molecule has 2 atom stereocenters. The molecule has 1 aromatic rings. The number of amides is 1. The number of carbonyl (C=O) groups excluding carboxylic acids is 1. The summed E-state index contributed by atoms with van der Waals surface area (Å²) in [5.74, 6) is -0.115. The van der Waals surface area contributed by atoms with Gasteiger partial charge in [0.15, 0.2) is 0 Å². The van der Waals surface area contributed by atoms with Gasteiger partial charge in [-0.05, 0) is 32.4 Å². The van der Waals surface area contributed by atoms with Gasteiger partial charge in [-0.2, -0.15) is 0 Å². The van der Waals surface area contributed by atoms with Gasteiger partial charge in [-0.3, -0.25) is 4.79 Å². The van der Waals surface area contributed by atoms with Gasteiger partial charge in [0.05, 0.1) is 16.4 Å². The molecule has 5 heteroatoms. The van der Waals surface area contributed by atoms with Crippen molar-refractivity contribution < 1.29 is 9.90 Å². The second-order valence-corrected chi connectivity index (χ2v) is 6.01. The standard InChI is InChI=1S/C12H18ClNO2S/c1-8(15)6-7-14(3)12(16)9(2)10-4-5-11(13)17-10/h4-5,8-9,15H,6-7H2,1-3H3. The van der Waals surface area contributed by atoms with Gasteiger partial charge in [-0.15, -0.1) is 11.3 Å². The van der Waals surface area contributed by atoms with Crippen molar-refractivity contribution in [2.75, 3.05) is 13.6 Å². The number of nitrogens with zero attached hydrogens (tertiary/aromatic N) is 1. The van der Waals surface area contributed by atoms with Crippen LogP contribution in [0.4, 0.5) is 0 Å². The summed E-state index contributed by atoms with van der Waals surface area (Å²) >= 11 is 7.29. The van der Waals surface area contributed by atoms with Crippen molar-refractivity contribution >= 4 is 28.8 Å². The molecule has 0 aliphatic carbocycles. The Labute approximate surface area is 111 Å². The fourth-order valence-electron chi connectivity index (χ4n) is 1.50. The Kier molecular flexibility index (Phi) is 5.43. The molecule has 0 radical (unpaired) electrons. The first kappa shape index (κ1) is 14.5. The van der Waals surface area contributed by atoms with E-state index in [9.17, 15) is 9.90 Å². The lowest BCUT2D eigenvalue weighted by molar-refractivity contribution is -0.131. The van der Waals surface area contributed by atoms with Crippen LogP contribution < -0.4 is 0 Å². The third-order valence-corrected chi connectivity index (χ3v) is 4.06. The SMILES string of the molecule is CC(O)CCN(C)C(=O)C(C)c1ccc(Cl)s1. The van der Waals surface area contributed by atoms with Crippen LogP contribution in [0.5, 0.6) is 0 Å². The summed E-state index contributed by atoms with van der Waals surface area (Å²) in [5, 5.41) is 9.19. The van der Waals surface area contributed by atoms with E-state index >= 15 is 0 Å². The van der Waals surface area contributed by atoms with Gasteiger partial charge in [0.2, 0.25) is 5.91 Å². The Hall–Kier alpha value is -0.580. The van der Waals surface area contributed by atoms with Gasteiger partial charge >= 0.3 is 0 Å². The number of rotatable bonds is 5. The van der Waals surface area contributed by atoms with E-state index in [1.807, 2.05) is 13.0 Å². The van der Waals surface area contributed by atoms with Gasteiger partial charge in [-0.1, -0.05) is 11.6 Å². The maximum Gasteiger partial charge on any atom is 0.230 e. The number of likely N-dealkylation sites (N-methyl/N-ethyl adjacent to an activating group) is 1. The number of hydrogen-bond donors (Lipinski definition) is 1. The third-order valence-electron chi connectivity index (χ3n) is 2.65. The van der Waals surface area contributed by atoms with Crippen molar-refractivity contribution in [2.24, 2.45) is 0 Å². The molecule has 0 spiro atoms. The van der Waals surface area contributed by atoms with E-state index in [2.05, 4.69) is 0 Å². The van der Waals surface area contributed by atoms with Crippen molar-refractivity contribution in [1.82, 2.24) is 4.90 Å². The van der Waals surface area contributed by atoms with E-state index in [0.29, 0.717) is 17.3 Å². The molecule has 1 N–H and O–H groups in total. The molecule has 0 bridgehead atoms. The van der Waals surface area contributed by atoms with E-state index in [-0.39, 0.29) is 17.9 Å². The molecular formula is C12H18ClNO2S. The van der Waals surface area contributed by atoms with Gasteiger partial charge in [0.1, 0.15) is 0 Å². The minimum atomic E-state index is -0.378. The first-order valence-electron chi connectivity index (χ1n) is 5.60. The zero-order valence-corrected chi connectivity index (χ0v) is 11.9. The molecule has 0 aliphatic heterocycles. The van der Waals surface area contributed by atoms with E-state index < -0.39 is 0 Å². The van der Waals surface area contributed by atoms with Crippen LogP contribution in [0.3, 0.4) is 0 Å². The Balaban J connectivity index is 2.57. The van der Waals surface area contributed by atoms with E-state index in [1.165, 1.54) is 11.3 Å². The Morgan fingerprint density at radius 1 is 1.53 bits per heavy atom. The molecule has 3 nitrogen and oxygen atoms in total. The molecule has 0 fully saturated rings. The topological polar surface area (TPSA) is 40.5 Å². The van der Waals surface area contributed by atoms with Gasteiger partial charge in [0, 0.05) is 18.5 Å². The van der Waals surface area contributed by atoms with Crippen LogP contribution in [-0.4, -0.2) is 35.6 Å². The second kappa shape index (κ2) is 6.38. The molecule has 1 heterocycles. The number of halogens is 1. The molecule has 1 aromatic heterocycles. The predicted molar refractivity (Wildman–Crippen MR) is 71.7 cm³/mol. The summed E-state index contributed by atoms with van der Waals surface area (Å²) in [6, 6.07) is 3.69. The van der Waals surface area contributed by atoms with Crippen LogP contribution in [0.25, 0.3) is 0 Å². The highest BCUT2D eigenvalue weighted by Crippen LogP contribution is 2.28. The molecule has 0 saturated heterocycles. The number of aliphatic hydroxyl groups excluding tert-OH is 1. The molecule has 96 valence electrons. The number of carbonyl (C=O) groups is 1. The second-order valence-electron chi connectivity index (χ2n) is 4.26. The first-order chi connectivity index (χ1) is 7.91. The summed E-state index contributed by atoms with van der Waals surface area (Å²) in [6.45, 7) is 4.17. The smallest absolute Gasteiger partial charge is 0.230 e. The van der Waals surface area contributed by atoms with Gasteiger partial charge < -0.3 is 10.0 Å². The number of aliphatic hydroxyl groups is 1. The number of hydrogen-bond acceptors (Lipinski definition) is 3. The lowest BCUT2D eigenvalue weighted by atomic mass is 10.1. The molecule has 17 heavy (non-hydrogen) atoms. The maximum absolute atomic E-state index is 12.1. The zero-order chi connectivity index (χ0) is 13.0. The lowest BCUT2D eigenvalue weighted by Crippen LogP contribution is -2.32. The molecule has 1 rings (SSSR count). The fraction of sp³-hybridized carbons (Fsp3) is 0.583. The highest BCUT2D eigenvalue weighted by atomic mass is 35.5. The Bertz CT molecular complexity index is 378. The van der Waals surface area contributed by atoms with Crippen molar-refractivity contribution in [2.45, 2.75) is 32.3 Å². The third kappa shape index (κ3) is 4.30. The Morgan fingerprint density at radius 2 is 2.18 bits per heavy atom. The summed E-state index contributed by atoms with van der Waals surface area (Å²) < 4.78 is 0.700. The molecule has 0 aliphatic rings. The molecule has 1 amide bonds. The Morgan fingerprint density at radius 3 is 2.65 bits per heavy atom. The summed E-state index contributed by atoms with van der Waals surface area (Å²) in [5.41, 5.74) is 0. The van der Waals surface area contributed by atoms with Crippen molar-refractivity contribution in [1.29, 1.82) is 0 Å². The van der Waals surface area contributed by atoms with Crippen LogP contribution in [0, 0.1) is 0 Å².